The van der Waals surface area contributed by atoms with Crippen molar-refractivity contribution in [2.75, 3.05) is 7.05 Å². The number of halogens is 1. The normalized spacial score (nSPS) is 11.0. The number of carbonyl (C=O) groups excluding carboxylic acids is 2. The molecule has 1 atom stereocenters. The van der Waals surface area contributed by atoms with Crippen molar-refractivity contribution < 1.29 is 14.0 Å². The van der Waals surface area contributed by atoms with E-state index in [0.29, 0.717) is 6.42 Å². The summed E-state index contributed by atoms with van der Waals surface area (Å²) in [6, 6.07) is 30.1. The summed E-state index contributed by atoms with van der Waals surface area (Å²) in [5, 5.41) is 5.13. The third kappa shape index (κ3) is 9.20. The van der Waals surface area contributed by atoms with Gasteiger partial charge in [0.2, 0.25) is 5.91 Å². The Kier molecular flexibility index (Phi) is 10.9. The fraction of sp³-hybridized carbons (Fsp3) is 0.167. The Morgan fingerprint density at radius 3 is 2.08 bits per heavy atom. The van der Waals surface area contributed by atoms with Crippen LogP contribution < -0.4 is 10.6 Å². The number of hydrogen-bond donors (Lipinski definition) is 2. The zero-order chi connectivity index (χ0) is 26.5. The van der Waals surface area contributed by atoms with Crippen molar-refractivity contribution in [3.8, 4) is 0 Å². The van der Waals surface area contributed by atoms with Crippen LogP contribution in [0.4, 0.5) is 4.39 Å². The molecule has 0 saturated heterocycles. The molecular weight excluding hydrogens is 485 g/mol. The lowest BCUT2D eigenvalue weighted by Crippen LogP contribution is -2.47. The van der Waals surface area contributed by atoms with Gasteiger partial charge in [-0.2, -0.15) is 0 Å². The molecule has 0 fully saturated rings. The smallest absolute Gasteiger partial charge is 0.270 e. The van der Waals surface area contributed by atoms with Gasteiger partial charge in [0, 0.05) is 24.1 Å². The molecule has 0 saturated carbocycles. The number of nitrogens with zero attached hydrogens (tertiary/aromatic N) is 1. The lowest BCUT2D eigenvalue weighted by atomic mass is 10.1. The Morgan fingerprint density at radius 1 is 0.865 bits per heavy atom. The molecule has 1 unspecified atom stereocenters. The first-order valence-electron chi connectivity index (χ1n) is 11.9. The summed E-state index contributed by atoms with van der Waals surface area (Å²) >= 11 is 1.90. The molecule has 7 heteroatoms. The van der Waals surface area contributed by atoms with Gasteiger partial charge < -0.3 is 10.6 Å². The number of benzene rings is 3. The van der Waals surface area contributed by atoms with Crippen LogP contribution >= 0.6 is 11.8 Å². The molecule has 1 aromatic heterocycles. The van der Waals surface area contributed by atoms with Crippen LogP contribution in [-0.2, 0) is 17.0 Å². The largest absolute Gasteiger partial charge is 0.357 e. The minimum Gasteiger partial charge on any atom is -0.357 e. The first-order valence-corrected chi connectivity index (χ1v) is 12.8. The van der Waals surface area contributed by atoms with E-state index in [1.807, 2.05) is 42.1 Å². The van der Waals surface area contributed by atoms with E-state index < -0.39 is 17.8 Å². The quantitative estimate of drug-likeness (QED) is 0.300. The molecule has 0 bridgehead atoms. The van der Waals surface area contributed by atoms with Gasteiger partial charge in [-0.15, -0.1) is 11.8 Å². The van der Waals surface area contributed by atoms with E-state index in [1.165, 1.54) is 29.1 Å². The number of aromatic nitrogens is 1. The molecule has 37 heavy (non-hydrogen) atoms. The Labute approximate surface area is 221 Å². The van der Waals surface area contributed by atoms with Gasteiger partial charge in [0.1, 0.15) is 17.6 Å². The third-order valence-electron chi connectivity index (χ3n) is 5.44. The molecule has 190 valence electrons. The van der Waals surface area contributed by atoms with Gasteiger partial charge >= 0.3 is 0 Å². The summed E-state index contributed by atoms with van der Waals surface area (Å²) in [5.41, 5.74) is 3.72. The SMILES string of the molecule is CNC(=O)C(Cc1ccccc1)NC(=O)c1ccc(F)cn1.Cc1ccccc1SCc1ccccc1. The number of hydrogen-bond acceptors (Lipinski definition) is 4. The third-order valence-corrected chi connectivity index (χ3v) is 6.69. The fourth-order valence-corrected chi connectivity index (χ4v) is 4.41. The summed E-state index contributed by atoms with van der Waals surface area (Å²) < 4.78 is 12.8. The van der Waals surface area contributed by atoms with Gasteiger partial charge in [0.25, 0.3) is 5.91 Å². The second-order valence-electron chi connectivity index (χ2n) is 8.23. The van der Waals surface area contributed by atoms with Crippen molar-refractivity contribution in [2.45, 2.75) is 30.0 Å². The lowest BCUT2D eigenvalue weighted by molar-refractivity contribution is -0.122. The Bertz CT molecular complexity index is 1270. The maximum atomic E-state index is 12.8. The van der Waals surface area contributed by atoms with Gasteiger partial charge in [-0.05, 0) is 41.8 Å². The van der Waals surface area contributed by atoms with Crippen LogP contribution in [0, 0.1) is 12.7 Å². The van der Waals surface area contributed by atoms with E-state index in [-0.39, 0.29) is 11.6 Å². The van der Waals surface area contributed by atoms with Crippen LogP contribution in [-0.4, -0.2) is 29.9 Å². The minimum atomic E-state index is -0.730. The first kappa shape index (κ1) is 27.6. The maximum absolute atomic E-state index is 12.8. The second kappa shape index (κ2) is 14.6. The number of carbonyl (C=O) groups is 2. The van der Waals surface area contributed by atoms with E-state index in [1.54, 1.807) is 0 Å². The van der Waals surface area contributed by atoms with Gasteiger partial charge in [-0.3, -0.25) is 9.59 Å². The van der Waals surface area contributed by atoms with E-state index in [4.69, 9.17) is 0 Å². The molecular formula is C30H30FN3O2S. The van der Waals surface area contributed by atoms with Crippen molar-refractivity contribution in [1.29, 1.82) is 0 Å². The first-order chi connectivity index (χ1) is 18.0. The van der Waals surface area contributed by atoms with Crippen LogP contribution in [0.5, 0.6) is 0 Å². The molecule has 4 rings (SSSR count). The monoisotopic (exact) mass is 515 g/mol. The van der Waals surface area contributed by atoms with Crippen LogP contribution in [0.1, 0.15) is 27.2 Å². The predicted octanol–water partition coefficient (Wildman–Crippen LogP) is 5.60. The molecule has 5 nitrogen and oxygen atoms in total. The number of likely N-dealkylation sites (N-methyl/N-ethyl adjacent to an activating group) is 1. The Hall–Kier alpha value is -3.97. The summed E-state index contributed by atoms with van der Waals surface area (Å²) in [5.74, 6) is -0.307. The minimum absolute atomic E-state index is 0.0587. The maximum Gasteiger partial charge on any atom is 0.270 e. The summed E-state index contributed by atoms with van der Waals surface area (Å²) in [6.45, 7) is 2.16. The number of amides is 2. The lowest BCUT2D eigenvalue weighted by Gasteiger charge is -2.17. The van der Waals surface area contributed by atoms with Crippen molar-refractivity contribution in [1.82, 2.24) is 15.6 Å². The molecule has 3 aromatic carbocycles. The van der Waals surface area contributed by atoms with Crippen molar-refractivity contribution in [3.63, 3.8) is 0 Å². The van der Waals surface area contributed by atoms with E-state index >= 15 is 0 Å². The molecule has 4 aromatic rings. The average Bonchev–Trinajstić information content (AvgIpc) is 2.93. The van der Waals surface area contributed by atoms with Gasteiger partial charge in [-0.1, -0.05) is 78.9 Å². The molecule has 2 N–H and O–H groups in total. The number of aryl methyl sites for hydroxylation is 1. The average molecular weight is 516 g/mol. The predicted molar refractivity (Wildman–Crippen MR) is 147 cm³/mol. The highest BCUT2D eigenvalue weighted by Crippen LogP contribution is 2.25. The van der Waals surface area contributed by atoms with Crippen LogP contribution in [0.25, 0.3) is 0 Å². The number of rotatable bonds is 8. The highest BCUT2D eigenvalue weighted by atomic mass is 32.2. The molecule has 0 aliphatic rings. The van der Waals surface area contributed by atoms with E-state index in [0.717, 1.165) is 23.6 Å². The fourth-order valence-electron chi connectivity index (χ4n) is 3.43. The van der Waals surface area contributed by atoms with Gasteiger partial charge in [0.15, 0.2) is 0 Å². The Balaban J connectivity index is 0.000000220. The molecule has 2 amide bonds. The molecule has 0 spiro atoms. The molecule has 1 heterocycles. The highest BCUT2D eigenvalue weighted by Gasteiger charge is 2.21. The van der Waals surface area contributed by atoms with Crippen LogP contribution in [0.15, 0.2) is 108 Å². The molecule has 0 aliphatic carbocycles. The second-order valence-corrected chi connectivity index (χ2v) is 9.25. The number of nitrogens with one attached hydrogen (secondary N) is 2. The van der Waals surface area contributed by atoms with Crippen molar-refractivity contribution >= 4 is 23.6 Å². The Morgan fingerprint density at radius 2 is 1.49 bits per heavy atom. The van der Waals surface area contributed by atoms with E-state index in [9.17, 15) is 14.0 Å². The topological polar surface area (TPSA) is 71.1 Å². The number of thioether (sulfide) groups is 1. The number of pyridine rings is 1. The van der Waals surface area contributed by atoms with Crippen molar-refractivity contribution in [3.05, 3.63) is 131 Å². The zero-order valence-electron chi connectivity index (χ0n) is 20.9. The van der Waals surface area contributed by atoms with Gasteiger partial charge in [-0.25, -0.2) is 9.37 Å². The summed E-state index contributed by atoms with van der Waals surface area (Å²) in [7, 11) is 1.50. The molecule has 0 radical (unpaired) electrons. The summed E-state index contributed by atoms with van der Waals surface area (Å²) in [6.07, 6.45) is 1.31. The van der Waals surface area contributed by atoms with E-state index in [2.05, 4.69) is 77.1 Å². The standard InChI is InChI=1S/C16H16FN3O2.C14H14S/c1-18-15(21)14(9-11-5-3-2-4-6-11)20-16(22)13-8-7-12(17)10-19-13;1-12-7-5-6-10-14(12)15-11-13-8-3-2-4-9-13/h2-8,10,14H,9H2,1H3,(H,18,21)(H,20,22);2-10H,11H2,1H3. The van der Waals surface area contributed by atoms with Crippen LogP contribution in [0.3, 0.4) is 0 Å². The molecule has 0 aliphatic heterocycles. The van der Waals surface area contributed by atoms with Gasteiger partial charge in [0.05, 0.1) is 6.20 Å². The van der Waals surface area contributed by atoms with Crippen LogP contribution in [0.2, 0.25) is 0 Å². The summed E-state index contributed by atoms with van der Waals surface area (Å²) in [4.78, 5) is 29.1. The highest BCUT2D eigenvalue weighted by molar-refractivity contribution is 7.98. The zero-order valence-corrected chi connectivity index (χ0v) is 21.7. The van der Waals surface area contributed by atoms with Crippen molar-refractivity contribution in [2.24, 2.45) is 0 Å².